The summed E-state index contributed by atoms with van der Waals surface area (Å²) in [5, 5.41) is 18.5. The molecule has 3 aromatic carbocycles. The predicted octanol–water partition coefficient (Wildman–Crippen LogP) is 5.23. The number of amides is 1. The molecule has 10 nitrogen and oxygen atoms in total. The minimum atomic E-state index is -0.560. The number of nitrogens with zero attached hydrogens (tertiary/aromatic N) is 2. The first-order chi connectivity index (χ1) is 20.3. The maximum atomic E-state index is 14.0. The number of fused-ring (bicyclic) bond motifs is 1. The van der Waals surface area contributed by atoms with E-state index >= 15 is 0 Å². The molecule has 0 radical (unpaired) electrons. The Morgan fingerprint density at radius 2 is 1.52 bits per heavy atom. The minimum absolute atomic E-state index is 0.0988. The number of hydrogen-bond acceptors (Lipinski definition) is 8. The average molecular weight is 574 g/mol. The Bertz CT molecular complexity index is 1600. The Balaban J connectivity index is 1.65. The molecular formula is C32H35N3O7. The molecule has 0 unspecified atom stereocenters. The summed E-state index contributed by atoms with van der Waals surface area (Å²) in [4.78, 5) is 15.8. The first-order valence-electron chi connectivity index (χ1n) is 13.5. The topological polar surface area (TPSA) is 115 Å². The number of phenolic OH excluding ortho intramolecular Hbond substituents is 1. The van der Waals surface area contributed by atoms with Crippen molar-refractivity contribution in [2.45, 2.75) is 26.3 Å². The van der Waals surface area contributed by atoms with Crippen LogP contribution in [0.5, 0.6) is 34.5 Å². The number of nitrogens with one attached hydrogen (secondary N) is 1. The summed E-state index contributed by atoms with van der Waals surface area (Å²) < 4.78 is 27.7. The lowest BCUT2D eigenvalue weighted by molar-refractivity contribution is 0.0745. The third-order valence-corrected chi connectivity index (χ3v) is 7.65. The number of benzene rings is 3. The zero-order valence-electron chi connectivity index (χ0n) is 24.8. The highest BCUT2D eigenvalue weighted by atomic mass is 16.5. The van der Waals surface area contributed by atoms with Crippen molar-refractivity contribution in [3.05, 3.63) is 76.0 Å². The number of aryl methyl sites for hydroxylation is 2. The van der Waals surface area contributed by atoms with Gasteiger partial charge < -0.3 is 33.7 Å². The van der Waals surface area contributed by atoms with Gasteiger partial charge in [0.2, 0.25) is 5.75 Å². The molecule has 0 fully saturated rings. The molecule has 0 saturated carbocycles. The third-order valence-electron chi connectivity index (χ3n) is 7.65. The standard InChI is InChI=1S/C32H35N3O7/c1-17-12-18(2)26(21(36)13-17)28-27-29(34-33-28)32(37)35(11-10-19-8-9-22(38-3)23(14-19)39-4)30(27)20-15-24(40-5)31(42-7)25(16-20)41-6/h8-9,12-16,30,36H,10-11H2,1-7H3,(H,33,34)/t30-/m1/s1. The van der Waals surface area contributed by atoms with Crippen LogP contribution < -0.4 is 23.7 Å². The van der Waals surface area contributed by atoms with Gasteiger partial charge in [-0.25, -0.2) is 0 Å². The number of phenols is 1. The lowest BCUT2D eigenvalue weighted by Crippen LogP contribution is -2.31. The first-order valence-corrected chi connectivity index (χ1v) is 13.5. The number of aromatic amines is 1. The van der Waals surface area contributed by atoms with E-state index in [1.54, 1.807) is 46.5 Å². The highest BCUT2D eigenvalue weighted by Gasteiger charge is 2.43. The molecule has 5 rings (SSSR count). The van der Waals surface area contributed by atoms with E-state index < -0.39 is 6.04 Å². The number of H-pyrrole nitrogens is 1. The van der Waals surface area contributed by atoms with Gasteiger partial charge >= 0.3 is 0 Å². The fourth-order valence-corrected chi connectivity index (χ4v) is 5.76. The largest absolute Gasteiger partial charge is 0.507 e. The summed E-state index contributed by atoms with van der Waals surface area (Å²) in [5.74, 6) is 2.52. The second-order valence-electron chi connectivity index (χ2n) is 10.1. The van der Waals surface area contributed by atoms with Crippen molar-refractivity contribution in [1.82, 2.24) is 15.1 Å². The average Bonchev–Trinajstić information content (AvgIpc) is 3.52. The van der Waals surface area contributed by atoms with Crippen LogP contribution in [0.3, 0.4) is 0 Å². The summed E-state index contributed by atoms with van der Waals surface area (Å²) in [6, 6.07) is 12.5. The minimum Gasteiger partial charge on any atom is -0.507 e. The molecule has 10 heteroatoms. The SMILES string of the molecule is COc1ccc(CCN2C(=O)c3[nH]nc(-c4c(C)cc(C)cc4O)c3[C@H]2c2cc(OC)c(OC)c(OC)c2)cc1OC. The van der Waals surface area contributed by atoms with Gasteiger partial charge in [0.25, 0.3) is 5.91 Å². The second-order valence-corrected chi connectivity index (χ2v) is 10.1. The molecule has 0 aliphatic carbocycles. The van der Waals surface area contributed by atoms with Crippen molar-refractivity contribution >= 4 is 5.91 Å². The van der Waals surface area contributed by atoms with Crippen LogP contribution in [-0.4, -0.2) is 68.2 Å². The van der Waals surface area contributed by atoms with Gasteiger partial charge in [-0.05, 0) is 72.9 Å². The molecule has 1 aliphatic heterocycles. The van der Waals surface area contributed by atoms with Gasteiger partial charge in [0, 0.05) is 17.7 Å². The van der Waals surface area contributed by atoms with E-state index in [-0.39, 0.29) is 11.7 Å². The summed E-state index contributed by atoms with van der Waals surface area (Å²) >= 11 is 0. The van der Waals surface area contributed by atoms with Crippen LogP contribution in [0.25, 0.3) is 11.3 Å². The number of aromatic nitrogens is 2. The fourth-order valence-electron chi connectivity index (χ4n) is 5.76. The van der Waals surface area contributed by atoms with Crippen molar-refractivity contribution in [1.29, 1.82) is 0 Å². The summed E-state index contributed by atoms with van der Waals surface area (Å²) in [6.45, 7) is 4.23. The molecule has 1 atom stereocenters. The molecule has 0 saturated heterocycles. The quantitative estimate of drug-likeness (QED) is 0.265. The number of carbonyl (C=O) groups excluding carboxylic acids is 1. The normalized spacial score (nSPS) is 14.1. The molecule has 2 N–H and O–H groups in total. The first kappa shape index (κ1) is 28.7. The zero-order chi connectivity index (χ0) is 30.1. The highest BCUT2D eigenvalue weighted by Crippen LogP contribution is 2.49. The lowest BCUT2D eigenvalue weighted by atomic mass is 9.92. The van der Waals surface area contributed by atoms with Gasteiger partial charge in [-0.3, -0.25) is 9.89 Å². The molecule has 1 aliphatic rings. The van der Waals surface area contributed by atoms with Crippen LogP contribution in [0.1, 0.15) is 44.3 Å². The van der Waals surface area contributed by atoms with Crippen LogP contribution in [0, 0.1) is 13.8 Å². The van der Waals surface area contributed by atoms with Crippen molar-refractivity contribution in [2.75, 3.05) is 42.1 Å². The van der Waals surface area contributed by atoms with Gasteiger partial charge in [0.05, 0.1) is 41.6 Å². The van der Waals surface area contributed by atoms with Crippen molar-refractivity contribution < 1.29 is 33.6 Å². The van der Waals surface area contributed by atoms with E-state index in [2.05, 4.69) is 10.2 Å². The number of ether oxygens (including phenoxy) is 5. The zero-order valence-corrected chi connectivity index (χ0v) is 24.8. The van der Waals surface area contributed by atoms with E-state index in [0.29, 0.717) is 64.2 Å². The smallest absolute Gasteiger partial charge is 0.273 e. The molecule has 4 aromatic rings. The van der Waals surface area contributed by atoms with Gasteiger partial charge in [-0.1, -0.05) is 12.1 Å². The van der Waals surface area contributed by atoms with Crippen LogP contribution in [0.15, 0.2) is 42.5 Å². The van der Waals surface area contributed by atoms with Crippen LogP contribution in [-0.2, 0) is 6.42 Å². The Labute approximate surface area is 244 Å². The van der Waals surface area contributed by atoms with E-state index in [1.807, 2.05) is 50.2 Å². The third kappa shape index (κ3) is 4.82. The molecule has 1 amide bonds. The maximum Gasteiger partial charge on any atom is 0.273 e. The summed E-state index contributed by atoms with van der Waals surface area (Å²) in [5.41, 5.74) is 5.63. The monoisotopic (exact) mass is 573 g/mol. The number of methoxy groups -OCH3 is 5. The van der Waals surface area contributed by atoms with E-state index in [1.165, 1.54) is 0 Å². The number of carbonyl (C=O) groups is 1. The van der Waals surface area contributed by atoms with Crippen LogP contribution >= 0.6 is 0 Å². The van der Waals surface area contributed by atoms with Gasteiger partial charge in [0.15, 0.2) is 23.0 Å². The molecule has 0 spiro atoms. The Hall–Kier alpha value is -4.86. The van der Waals surface area contributed by atoms with Gasteiger partial charge in [-0.2, -0.15) is 5.10 Å². The van der Waals surface area contributed by atoms with Crippen molar-refractivity contribution in [3.63, 3.8) is 0 Å². The van der Waals surface area contributed by atoms with Crippen molar-refractivity contribution in [3.8, 4) is 45.8 Å². The lowest BCUT2D eigenvalue weighted by Gasteiger charge is -2.28. The van der Waals surface area contributed by atoms with Gasteiger partial charge in [0.1, 0.15) is 17.1 Å². The molecular weight excluding hydrogens is 538 g/mol. The Morgan fingerprint density at radius 1 is 0.857 bits per heavy atom. The van der Waals surface area contributed by atoms with Crippen LogP contribution in [0.4, 0.5) is 0 Å². The number of aromatic hydroxyl groups is 1. The van der Waals surface area contributed by atoms with Crippen LogP contribution in [0.2, 0.25) is 0 Å². The maximum absolute atomic E-state index is 14.0. The van der Waals surface area contributed by atoms with Gasteiger partial charge in [-0.15, -0.1) is 0 Å². The highest BCUT2D eigenvalue weighted by molar-refractivity contribution is 6.00. The van der Waals surface area contributed by atoms with E-state index in [9.17, 15) is 9.90 Å². The molecule has 0 bridgehead atoms. The number of hydrogen-bond donors (Lipinski definition) is 2. The predicted molar refractivity (Wildman–Crippen MR) is 157 cm³/mol. The van der Waals surface area contributed by atoms with E-state index in [4.69, 9.17) is 23.7 Å². The van der Waals surface area contributed by atoms with Crippen molar-refractivity contribution in [2.24, 2.45) is 0 Å². The summed E-state index contributed by atoms with van der Waals surface area (Å²) in [7, 11) is 7.84. The van der Waals surface area contributed by atoms with E-state index in [0.717, 1.165) is 22.3 Å². The summed E-state index contributed by atoms with van der Waals surface area (Å²) in [6.07, 6.45) is 0.550. The Morgan fingerprint density at radius 3 is 2.12 bits per heavy atom. The Kier molecular flexibility index (Phi) is 7.89. The molecule has 1 aromatic heterocycles. The molecule has 220 valence electrons. The molecule has 2 heterocycles. The second kappa shape index (κ2) is 11.6. The molecule has 42 heavy (non-hydrogen) atoms. The fraction of sp³-hybridized carbons (Fsp3) is 0.312. The number of rotatable bonds is 10.